The molecule has 2 N–H and O–H groups in total. The van der Waals surface area contributed by atoms with Crippen molar-refractivity contribution in [1.29, 1.82) is 0 Å². The zero-order chi connectivity index (χ0) is 15.1. The third-order valence-corrected chi connectivity index (χ3v) is 3.37. The van der Waals surface area contributed by atoms with Crippen molar-refractivity contribution in [3.05, 3.63) is 71.3 Å². The molecule has 0 radical (unpaired) electrons. The van der Waals surface area contributed by atoms with Crippen molar-refractivity contribution in [2.24, 2.45) is 0 Å². The third-order valence-electron chi connectivity index (χ3n) is 3.37. The van der Waals surface area contributed by atoms with Crippen LogP contribution in [0, 0.1) is 6.92 Å². The fourth-order valence-corrected chi connectivity index (χ4v) is 2.26. The SMILES string of the molecule is Cc1cccc(CC(=O)NCCC(O)c2ccccc2)c1. The van der Waals surface area contributed by atoms with Gasteiger partial charge < -0.3 is 10.4 Å². The normalized spacial score (nSPS) is 11.9. The first-order chi connectivity index (χ1) is 10.1. The number of benzene rings is 2. The smallest absolute Gasteiger partial charge is 0.224 e. The van der Waals surface area contributed by atoms with E-state index < -0.39 is 6.10 Å². The quantitative estimate of drug-likeness (QED) is 0.856. The van der Waals surface area contributed by atoms with Gasteiger partial charge in [0.2, 0.25) is 5.91 Å². The van der Waals surface area contributed by atoms with Crippen molar-refractivity contribution < 1.29 is 9.90 Å². The molecule has 110 valence electrons. The number of aliphatic hydroxyl groups excluding tert-OH is 1. The van der Waals surface area contributed by atoms with Crippen molar-refractivity contribution >= 4 is 5.91 Å². The molecule has 0 aliphatic heterocycles. The Morgan fingerprint density at radius 1 is 1.14 bits per heavy atom. The molecule has 3 heteroatoms. The van der Waals surface area contributed by atoms with E-state index in [0.717, 1.165) is 16.7 Å². The lowest BCUT2D eigenvalue weighted by molar-refractivity contribution is -0.120. The fraction of sp³-hybridized carbons (Fsp3) is 0.278. The average Bonchev–Trinajstić information content (AvgIpc) is 2.48. The molecule has 21 heavy (non-hydrogen) atoms. The van der Waals surface area contributed by atoms with Gasteiger partial charge in [0.1, 0.15) is 0 Å². The molecule has 1 amide bonds. The van der Waals surface area contributed by atoms with Crippen LogP contribution in [0.25, 0.3) is 0 Å². The molecule has 0 aliphatic carbocycles. The van der Waals surface area contributed by atoms with Crippen molar-refractivity contribution in [3.8, 4) is 0 Å². The molecule has 2 aromatic rings. The van der Waals surface area contributed by atoms with Gasteiger partial charge in [-0.3, -0.25) is 4.79 Å². The number of hydrogen-bond donors (Lipinski definition) is 2. The second-order valence-corrected chi connectivity index (χ2v) is 5.23. The monoisotopic (exact) mass is 283 g/mol. The highest BCUT2D eigenvalue weighted by Gasteiger charge is 2.08. The average molecular weight is 283 g/mol. The molecule has 0 aliphatic rings. The van der Waals surface area contributed by atoms with Gasteiger partial charge in [0, 0.05) is 6.54 Å². The van der Waals surface area contributed by atoms with E-state index in [1.165, 1.54) is 0 Å². The number of hydrogen-bond acceptors (Lipinski definition) is 2. The van der Waals surface area contributed by atoms with E-state index in [9.17, 15) is 9.90 Å². The Bertz CT molecular complexity index is 581. The Morgan fingerprint density at radius 3 is 2.62 bits per heavy atom. The van der Waals surface area contributed by atoms with Crippen molar-refractivity contribution in [2.45, 2.75) is 25.9 Å². The fourth-order valence-electron chi connectivity index (χ4n) is 2.26. The Labute approximate surface area is 125 Å². The molecule has 2 aromatic carbocycles. The molecule has 0 fully saturated rings. The lowest BCUT2D eigenvalue weighted by Gasteiger charge is -2.11. The minimum absolute atomic E-state index is 0.0131. The van der Waals surface area contributed by atoms with Gasteiger partial charge in [0.15, 0.2) is 0 Å². The predicted octanol–water partition coefficient (Wildman–Crippen LogP) is 2.78. The highest BCUT2D eigenvalue weighted by Crippen LogP contribution is 2.14. The van der Waals surface area contributed by atoms with E-state index >= 15 is 0 Å². The van der Waals surface area contributed by atoms with Crippen LogP contribution in [-0.4, -0.2) is 17.6 Å². The maximum Gasteiger partial charge on any atom is 0.224 e. The summed E-state index contributed by atoms with van der Waals surface area (Å²) in [6.45, 7) is 2.48. The molecule has 3 nitrogen and oxygen atoms in total. The Balaban J connectivity index is 1.74. The standard InChI is InChI=1S/C18H21NO2/c1-14-6-5-7-15(12-14)13-18(21)19-11-10-17(20)16-8-3-2-4-9-16/h2-9,12,17,20H,10-11,13H2,1H3,(H,19,21). The van der Waals surface area contributed by atoms with Gasteiger partial charge in [0.05, 0.1) is 12.5 Å². The minimum atomic E-state index is -0.537. The van der Waals surface area contributed by atoms with E-state index in [1.54, 1.807) is 0 Å². The number of nitrogens with one attached hydrogen (secondary N) is 1. The summed E-state index contributed by atoms with van der Waals surface area (Å²) in [6, 6.07) is 17.4. The van der Waals surface area contributed by atoms with E-state index in [-0.39, 0.29) is 5.91 Å². The molecular weight excluding hydrogens is 262 g/mol. The number of amides is 1. The van der Waals surface area contributed by atoms with Gasteiger partial charge in [-0.05, 0) is 24.5 Å². The molecule has 0 heterocycles. The molecule has 0 saturated heterocycles. The zero-order valence-corrected chi connectivity index (χ0v) is 12.3. The summed E-state index contributed by atoms with van der Waals surface area (Å²) in [5, 5.41) is 12.9. The van der Waals surface area contributed by atoms with Crippen molar-refractivity contribution in [3.63, 3.8) is 0 Å². The van der Waals surface area contributed by atoms with E-state index in [0.29, 0.717) is 19.4 Å². The van der Waals surface area contributed by atoms with E-state index in [1.807, 2.05) is 61.5 Å². The van der Waals surface area contributed by atoms with Gasteiger partial charge in [-0.2, -0.15) is 0 Å². The highest BCUT2D eigenvalue weighted by atomic mass is 16.3. The summed E-state index contributed by atoms with van der Waals surface area (Å²) in [4.78, 5) is 11.8. The summed E-state index contributed by atoms with van der Waals surface area (Å²) >= 11 is 0. The van der Waals surface area contributed by atoms with Gasteiger partial charge in [0.25, 0.3) is 0 Å². The lowest BCUT2D eigenvalue weighted by Crippen LogP contribution is -2.27. The maximum absolute atomic E-state index is 11.8. The molecule has 0 saturated carbocycles. The number of rotatable bonds is 6. The summed E-state index contributed by atoms with van der Waals surface area (Å²) in [7, 11) is 0. The first-order valence-electron chi connectivity index (χ1n) is 7.20. The molecule has 1 atom stereocenters. The van der Waals surface area contributed by atoms with Gasteiger partial charge in [-0.1, -0.05) is 60.2 Å². The van der Waals surface area contributed by atoms with Gasteiger partial charge >= 0.3 is 0 Å². The summed E-state index contributed by atoms with van der Waals surface area (Å²) in [5.41, 5.74) is 3.04. The van der Waals surface area contributed by atoms with Crippen LogP contribution in [0.15, 0.2) is 54.6 Å². The predicted molar refractivity (Wildman–Crippen MR) is 83.9 cm³/mol. The van der Waals surface area contributed by atoms with Gasteiger partial charge in [-0.15, -0.1) is 0 Å². The van der Waals surface area contributed by atoms with Crippen molar-refractivity contribution in [1.82, 2.24) is 5.32 Å². The zero-order valence-electron chi connectivity index (χ0n) is 12.3. The first-order valence-corrected chi connectivity index (χ1v) is 7.20. The number of aliphatic hydroxyl groups is 1. The van der Waals surface area contributed by atoms with E-state index in [4.69, 9.17) is 0 Å². The number of aryl methyl sites for hydroxylation is 1. The van der Waals surface area contributed by atoms with Crippen LogP contribution in [0.5, 0.6) is 0 Å². The minimum Gasteiger partial charge on any atom is -0.388 e. The maximum atomic E-state index is 11.8. The van der Waals surface area contributed by atoms with Crippen LogP contribution in [0.3, 0.4) is 0 Å². The first kappa shape index (κ1) is 15.3. The summed E-state index contributed by atoms with van der Waals surface area (Å²) < 4.78 is 0. The Kier molecular flexibility index (Phi) is 5.52. The third kappa shape index (κ3) is 5.04. The Hall–Kier alpha value is -2.13. The Morgan fingerprint density at radius 2 is 1.90 bits per heavy atom. The highest BCUT2D eigenvalue weighted by molar-refractivity contribution is 5.78. The van der Waals surface area contributed by atoms with E-state index in [2.05, 4.69) is 5.32 Å². The molecule has 0 bridgehead atoms. The second kappa shape index (κ2) is 7.60. The van der Waals surface area contributed by atoms with Crippen LogP contribution >= 0.6 is 0 Å². The largest absolute Gasteiger partial charge is 0.388 e. The molecule has 1 unspecified atom stereocenters. The topological polar surface area (TPSA) is 49.3 Å². The molecule has 2 rings (SSSR count). The van der Waals surface area contributed by atoms with Crippen LogP contribution in [0.1, 0.15) is 29.2 Å². The van der Waals surface area contributed by atoms with Crippen LogP contribution in [0.4, 0.5) is 0 Å². The molecular formula is C18H21NO2. The number of carbonyl (C=O) groups is 1. The molecule has 0 aromatic heterocycles. The van der Waals surface area contributed by atoms with Gasteiger partial charge in [-0.25, -0.2) is 0 Å². The number of carbonyl (C=O) groups excluding carboxylic acids is 1. The van der Waals surface area contributed by atoms with Crippen LogP contribution in [0.2, 0.25) is 0 Å². The lowest BCUT2D eigenvalue weighted by atomic mass is 10.1. The molecule has 0 spiro atoms. The second-order valence-electron chi connectivity index (χ2n) is 5.23. The summed E-state index contributed by atoms with van der Waals surface area (Å²) in [5.74, 6) is -0.0131. The van der Waals surface area contributed by atoms with Crippen LogP contribution in [-0.2, 0) is 11.2 Å². The van der Waals surface area contributed by atoms with Crippen LogP contribution < -0.4 is 5.32 Å². The summed E-state index contributed by atoms with van der Waals surface area (Å²) in [6.07, 6.45) is 0.359. The van der Waals surface area contributed by atoms with Crippen molar-refractivity contribution in [2.75, 3.05) is 6.54 Å².